The topological polar surface area (TPSA) is 21.3 Å². The highest BCUT2D eigenvalue weighted by Gasteiger charge is 2.20. The molecule has 1 aromatic rings. The van der Waals surface area contributed by atoms with E-state index in [9.17, 15) is 0 Å². The van der Waals surface area contributed by atoms with Crippen LogP contribution in [0.15, 0.2) is 24.3 Å². The fraction of sp³-hybridized carbons (Fsp3) is 0.647. The summed E-state index contributed by atoms with van der Waals surface area (Å²) in [6.45, 7) is 4.88. The van der Waals surface area contributed by atoms with Gasteiger partial charge in [0.15, 0.2) is 0 Å². The summed E-state index contributed by atoms with van der Waals surface area (Å²) in [5.74, 6) is 0. The Bertz CT molecular complexity index is 360. The molecule has 1 N–H and O–H groups in total. The molecule has 1 aliphatic rings. The molecule has 1 saturated carbocycles. The van der Waals surface area contributed by atoms with E-state index in [-0.39, 0.29) is 0 Å². The first-order valence-electron chi connectivity index (χ1n) is 7.78. The molecule has 2 nitrogen and oxygen atoms in total. The highest BCUT2D eigenvalue weighted by molar-refractivity contribution is 5.26. The molecule has 0 spiro atoms. The van der Waals surface area contributed by atoms with Crippen molar-refractivity contribution >= 4 is 0 Å². The lowest BCUT2D eigenvalue weighted by atomic mass is 10.1. The molecule has 1 fully saturated rings. The maximum Gasteiger partial charge on any atom is 0.0720 e. The van der Waals surface area contributed by atoms with Gasteiger partial charge in [0.2, 0.25) is 0 Å². The Balaban J connectivity index is 1.68. The van der Waals surface area contributed by atoms with Crippen LogP contribution in [0.5, 0.6) is 0 Å². The third-order valence-electron chi connectivity index (χ3n) is 3.68. The number of nitrogens with one attached hydrogen (secondary N) is 1. The van der Waals surface area contributed by atoms with Crippen LogP contribution in [0.4, 0.5) is 0 Å². The third-order valence-corrected chi connectivity index (χ3v) is 3.68. The summed E-state index contributed by atoms with van der Waals surface area (Å²) >= 11 is 0. The minimum absolute atomic E-state index is 0.759. The fourth-order valence-electron chi connectivity index (χ4n) is 2.23. The van der Waals surface area contributed by atoms with Gasteiger partial charge in [-0.2, -0.15) is 0 Å². The highest BCUT2D eigenvalue weighted by Crippen LogP contribution is 2.20. The lowest BCUT2D eigenvalue weighted by Crippen LogP contribution is -2.16. The minimum Gasteiger partial charge on any atom is -0.377 e. The normalized spacial score (nSPS) is 14.8. The first kappa shape index (κ1) is 14.5. The van der Waals surface area contributed by atoms with Crippen molar-refractivity contribution in [1.29, 1.82) is 0 Å². The standard InChI is InChI=1S/C17H27NO/c1-2-3-4-7-12-19-14-16-9-6-5-8-15(16)13-18-17-10-11-17/h5-6,8-9,17-18H,2-4,7,10-14H2,1H3. The quantitative estimate of drug-likeness (QED) is 0.642. The van der Waals surface area contributed by atoms with Gasteiger partial charge in [0.25, 0.3) is 0 Å². The van der Waals surface area contributed by atoms with E-state index in [1.165, 1.54) is 49.7 Å². The summed E-state index contributed by atoms with van der Waals surface area (Å²) in [4.78, 5) is 0. The van der Waals surface area contributed by atoms with Crippen molar-refractivity contribution in [2.24, 2.45) is 0 Å². The SMILES string of the molecule is CCCCCCOCc1ccccc1CNC1CC1. The van der Waals surface area contributed by atoms with Crippen LogP contribution in [0.1, 0.15) is 56.6 Å². The Morgan fingerprint density at radius 3 is 2.63 bits per heavy atom. The van der Waals surface area contributed by atoms with E-state index < -0.39 is 0 Å². The number of ether oxygens (including phenoxy) is 1. The Hall–Kier alpha value is -0.860. The Labute approximate surface area is 117 Å². The second-order valence-corrected chi connectivity index (χ2v) is 5.54. The zero-order valence-electron chi connectivity index (χ0n) is 12.2. The van der Waals surface area contributed by atoms with Crippen LogP contribution in [-0.2, 0) is 17.9 Å². The summed E-state index contributed by atoms with van der Waals surface area (Å²) in [7, 11) is 0. The van der Waals surface area contributed by atoms with Crippen molar-refractivity contribution in [3.8, 4) is 0 Å². The zero-order valence-corrected chi connectivity index (χ0v) is 12.2. The molecule has 0 aromatic heterocycles. The average Bonchev–Trinajstić information content (AvgIpc) is 3.25. The second kappa shape index (κ2) is 8.34. The molecule has 0 saturated heterocycles. The van der Waals surface area contributed by atoms with Crippen molar-refractivity contribution in [1.82, 2.24) is 5.32 Å². The van der Waals surface area contributed by atoms with E-state index in [2.05, 4.69) is 36.5 Å². The van der Waals surface area contributed by atoms with Gasteiger partial charge in [0, 0.05) is 19.2 Å². The lowest BCUT2D eigenvalue weighted by molar-refractivity contribution is 0.116. The molecule has 0 heterocycles. The lowest BCUT2D eigenvalue weighted by Gasteiger charge is -2.11. The molecule has 1 aromatic carbocycles. The summed E-state index contributed by atoms with van der Waals surface area (Å²) in [6, 6.07) is 9.40. The van der Waals surface area contributed by atoms with E-state index >= 15 is 0 Å². The molecule has 0 radical (unpaired) electrons. The van der Waals surface area contributed by atoms with Crippen LogP contribution < -0.4 is 5.32 Å². The Kier molecular flexibility index (Phi) is 6.38. The number of hydrogen-bond donors (Lipinski definition) is 1. The molecule has 1 aliphatic carbocycles. The zero-order chi connectivity index (χ0) is 13.3. The predicted octanol–water partition coefficient (Wildman–Crippen LogP) is 4.04. The van der Waals surface area contributed by atoms with Gasteiger partial charge < -0.3 is 10.1 Å². The first-order chi connectivity index (χ1) is 9.40. The molecular formula is C17H27NO. The third kappa shape index (κ3) is 5.75. The number of rotatable bonds is 10. The van der Waals surface area contributed by atoms with Gasteiger partial charge in [-0.3, -0.25) is 0 Å². The Morgan fingerprint density at radius 2 is 1.89 bits per heavy atom. The largest absolute Gasteiger partial charge is 0.377 e. The van der Waals surface area contributed by atoms with E-state index in [1.54, 1.807) is 0 Å². The number of hydrogen-bond acceptors (Lipinski definition) is 2. The van der Waals surface area contributed by atoms with Crippen molar-refractivity contribution in [3.63, 3.8) is 0 Å². The van der Waals surface area contributed by atoms with Crippen molar-refractivity contribution in [2.45, 2.75) is 64.6 Å². The maximum absolute atomic E-state index is 5.80. The first-order valence-corrected chi connectivity index (χ1v) is 7.78. The number of benzene rings is 1. The molecule has 0 bridgehead atoms. The van der Waals surface area contributed by atoms with Crippen molar-refractivity contribution in [3.05, 3.63) is 35.4 Å². The molecule has 19 heavy (non-hydrogen) atoms. The summed E-state index contributed by atoms with van der Waals surface area (Å²) in [6.07, 6.45) is 7.78. The molecular weight excluding hydrogens is 234 g/mol. The molecule has 106 valence electrons. The summed E-state index contributed by atoms with van der Waals surface area (Å²) in [5.41, 5.74) is 2.73. The van der Waals surface area contributed by atoms with Gasteiger partial charge in [-0.1, -0.05) is 50.5 Å². The molecule has 0 amide bonds. The minimum atomic E-state index is 0.759. The van der Waals surface area contributed by atoms with Gasteiger partial charge in [-0.25, -0.2) is 0 Å². The molecule has 0 aliphatic heterocycles. The summed E-state index contributed by atoms with van der Waals surface area (Å²) < 4.78 is 5.80. The van der Waals surface area contributed by atoms with Gasteiger partial charge in [-0.05, 0) is 30.4 Å². The summed E-state index contributed by atoms with van der Waals surface area (Å²) in [5, 5.41) is 3.58. The molecule has 0 unspecified atom stereocenters. The predicted molar refractivity (Wildman–Crippen MR) is 80.1 cm³/mol. The molecule has 2 heteroatoms. The van der Waals surface area contributed by atoms with Crippen LogP contribution in [0.2, 0.25) is 0 Å². The van der Waals surface area contributed by atoms with E-state index in [0.717, 1.165) is 25.8 Å². The molecule has 0 atom stereocenters. The average molecular weight is 261 g/mol. The fourth-order valence-corrected chi connectivity index (χ4v) is 2.23. The second-order valence-electron chi connectivity index (χ2n) is 5.54. The monoisotopic (exact) mass is 261 g/mol. The van der Waals surface area contributed by atoms with Gasteiger partial charge in [0.05, 0.1) is 6.61 Å². The Morgan fingerprint density at radius 1 is 1.11 bits per heavy atom. The van der Waals surface area contributed by atoms with E-state index in [0.29, 0.717) is 0 Å². The van der Waals surface area contributed by atoms with Crippen molar-refractivity contribution < 1.29 is 4.74 Å². The van der Waals surface area contributed by atoms with Gasteiger partial charge >= 0.3 is 0 Å². The maximum atomic E-state index is 5.80. The number of unbranched alkanes of at least 4 members (excludes halogenated alkanes) is 3. The smallest absolute Gasteiger partial charge is 0.0720 e. The van der Waals surface area contributed by atoms with Gasteiger partial charge in [0.1, 0.15) is 0 Å². The van der Waals surface area contributed by atoms with Crippen LogP contribution >= 0.6 is 0 Å². The van der Waals surface area contributed by atoms with Gasteiger partial charge in [-0.15, -0.1) is 0 Å². The molecule has 2 rings (SSSR count). The highest BCUT2D eigenvalue weighted by atomic mass is 16.5. The van der Waals surface area contributed by atoms with E-state index in [4.69, 9.17) is 4.74 Å². The van der Waals surface area contributed by atoms with Crippen molar-refractivity contribution in [2.75, 3.05) is 6.61 Å². The van der Waals surface area contributed by atoms with Crippen LogP contribution in [0.3, 0.4) is 0 Å². The van der Waals surface area contributed by atoms with Crippen LogP contribution in [0.25, 0.3) is 0 Å². The van der Waals surface area contributed by atoms with Crippen LogP contribution in [-0.4, -0.2) is 12.6 Å². The van der Waals surface area contributed by atoms with E-state index in [1.807, 2.05) is 0 Å². The van der Waals surface area contributed by atoms with Crippen LogP contribution in [0, 0.1) is 0 Å².